The van der Waals surface area contributed by atoms with Crippen molar-refractivity contribution in [3.05, 3.63) is 17.8 Å². The molecule has 0 aliphatic carbocycles. The number of ether oxygens (including phenoxy) is 1. The summed E-state index contributed by atoms with van der Waals surface area (Å²) in [7, 11) is 5.51. The normalized spacial score (nSPS) is 22.4. The topological polar surface area (TPSA) is 71.7 Å². The zero-order valence-corrected chi connectivity index (χ0v) is 12.5. The van der Waals surface area contributed by atoms with Gasteiger partial charge >= 0.3 is 5.97 Å². The summed E-state index contributed by atoms with van der Waals surface area (Å²) in [5, 5.41) is 0. The van der Waals surface area contributed by atoms with Gasteiger partial charge in [0.15, 0.2) is 0 Å². The van der Waals surface area contributed by atoms with Crippen molar-refractivity contribution < 1.29 is 9.53 Å². The number of likely N-dealkylation sites (N-methyl/N-ethyl adjacent to an activating group) is 1. The van der Waals surface area contributed by atoms with Crippen molar-refractivity contribution in [1.82, 2.24) is 9.88 Å². The molecule has 1 fully saturated rings. The van der Waals surface area contributed by atoms with Crippen molar-refractivity contribution in [2.45, 2.75) is 13.0 Å². The van der Waals surface area contributed by atoms with Crippen molar-refractivity contribution >= 4 is 17.5 Å². The summed E-state index contributed by atoms with van der Waals surface area (Å²) in [5.74, 6) is 0.762. The molecule has 6 heteroatoms. The van der Waals surface area contributed by atoms with Crippen LogP contribution in [0.4, 0.5) is 11.5 Å². The molecule has 2 rings (SSSR count). The second-order valence-corrected chi connectivity index (χ2v) is 5.54. The second kappa shape index (κ2) is 5.66. The third-order valence-corrected chi connectivity index (χ3v) is 3.83. The summed E-state index contributed by atoms with van der Waals surface area (Å²) >= 11 is 0. The predicted octanol–water partition coefficient (Wildman–Crippen LogP) is 0.837. The Morgan fingerprint density at radius 3 is 2.75 bits per heavy atom. The van der Waals surface area contributed by atoms with E-state index in [-0.39, 0.29) is 0 Å². The van der Waals surface area contributed by atoms with E-state index in [2.05, 4.69) is 35.8 Å². The minimum absolute atomic E-state index is 0.402. The van der Waals surface area contributed by atoms with E-state index in [9.17, 15) is 4.79 Å². The molecule has 2 atom stereocenters. The number of nitrogens with zero attached hydrogens (tertiary/aromatic N) is 3. The smallest absolute Gasteiger partial charge is 0.341 e. The molecule has 1 aromatic rings. The fraction of sp³-hybridized carbons (Fsp3) is 0.571. The Morgan fingerprint density at radius 1 is 1.50 bits per heavy atom. The van der Waals surface area contributed by atoms with Gasteiger partial charge in [-0.15, -0.1) is 0 Å². The lowest BCUT2D eigenvalue weighted by Gasteiger charge is -2.23. The van der Waals surface area contributed by atoms with Crippen molar-refractivity contribution in [2.75, 3.05) is 44.9 Å². The van der Waals surface area contributed by atoms with Gasteiger partial charge < -0.3 is 20.3 Å². The quantitative estimate of drug-likeness (QED) is 0.826. The zero-order chi connectivity index (χ0) is 14.9. The fourth-order valence-electron chi connectivity index (χ4n) is 2.78. The number of methoxy groups -OCH3 is 1. The molecular weight excluding hydrogens is 256 g/mol. The first-order chi connectivity index (χ1) is 9.43. The van der Waals surface area contributed by atoms with Gasteiger partial charge in [-0.25, -0.2) is 9.78 Å². The van der Waals surface area contributed by atoms with Crippen LogP contribution >= 0.6 is 0 Å². The largest absolute Gasteiger partial charge is 0.465 e. The monoisotopic (exact) mass is 278 g/mol. The van der Waals surface area contributed by atoms with Gasteiger partial charge in [-0.3, -0.25) is 0 Å². The van der Waals surface area contributed by atoms with E-state index < -0.39 is 5.97 Å². The van der Waals surface area contributed by atoms with Crippen LogP contribution in [0.3, 0.4) is 0 Å². The standard InChI is InChI=1S/C14H22N4O2/c1-9-7-18(8-12(9)17(2)3)13-11(14(19)20-4)5-10(15)6-16-13/h5-6,9,12H,7-8,15H2,1-4H3. The zero-order valence-electron chi connectivity index (χ0n) is 12.5. The molecule has 0 saturated carbocycles. The van der Waals surface area contributed by atoms with E-state index in [0.29, 0.717) is 29.0 Å². The van der Waals surface area contributed by atoms with Crippen LogP contribution in [0.5, 0.6) is 0 Å². The first kappa shape index (κ1) is 14.6. The molecule has 0 amide bonds. The molecule has 0 bridgehead atoms. The van der Waals surface area contributed by atoms with Crippen molar-refractivity contribution in [3.63, 3.8) is 0 Å². The maximum Gasteiger partial charge on any atom is 0.341 e. The van der Waals surface area contributed by atoms with Crippen LogP contribution in [0, 0.1) is 5.92 Å². The van der Waals surface area contributed by atoms with Crippen molar-refractivity contribution in [2.24, 2.45) is 5.92 Å². The summed E-state index contributed by atoms with van der Waals surface area (Å²) in [6.07, 6.45) is 1.58. The highest BCUT2D eigenvalue weighted by Gasteiger charge is 2.33. The number of carbonyl (C=O) groups excluding carboxylic acids is 1. The minimum atomic E-state index is -0.402. The Balaban J connectivity index is 2.32. The highest BCUT2D eigenvalue weighted by atomic mass is 16.5. The van der Waals surface area contributed by atoms with Crippen molar-refractivity contribution in [1.29, 1.82) is 0 Å². The molecule has 0 spiro atoms. The maximum atomic E-state index is 11.9. The predicted molar refractivity (Wildman–Crippen MR) is 78.8 cm³/mol. The van der Waals surface area contributed by atoms with E-state index >= 15 is 0 Å². The van der Waals surface area contributed by atoms with Crippen LogP contribution in [0.15, 0.2) is 12.3 Å². The Labute approximate surface area is 119 Å². The number of nitrogen functional groups attached to an aromatic ring is 1. The number of rotatable bonds is 3. The number of carbonyl (C=O) groups is 1. The third kappa shape index (κ3) is 2.70. The van der Waals surface area contributed by atoms with Crippen LogP contribution in [0.1, 0.15) is 17.3 Å². The average molecular weight is 278 g/mol. The van der Waals surface area contributed by atoms with Gasteiger partial charge in [0.1, 0.15) is 11.4 Å². The number of nitrogens with two attached hydrogens (primary N) is 1. The molecule has 2 N–H and O–H groups in total. The van der Waals surface area contributed by atoms with Crippen LogP contribution in [0.2, 0.25) is 0 Å². The van der Waals surface area contributed by atoms with E-state index in [0.717, 1.165) is 13.1 Å². The molecule has 1 aromatic heterocycles. The maximum absolute atomic E-state index is 11.9. The number of esters is 1. The molecule has 1 aliphatic heterocycles. The van der Waals surface area contributed by atoms with Crippen LogP contribution in [-0.2, 0) is 4.74 Å². The number of aromatic nitrogens is 1. The van der Waals surface area contributed by atoms with Gasteiger partial charge in [-0.05, 0) is 26.1 Å². The highest BCUT2D eigenvalue weighted by molar-refractivity contribution is 5.95. The molecule has 1 aliphatic rings. The summed E-state index contributed by atoms with van der Waals surface area (Å²) in [5.41, 5.74) is 6.62. The third-order valence-electron chi connectivity index (χ3n) is 3.83. The summed E-state index contributed by atoms with van der Waals surface area (Å²) < 4.78 is 4.82. The summed E-state index contributed by atoms with van der Waals surface area (Å²) in [6, 6.07) is 2.07. The van der Waals surface area contributed by atoms with Crippen LogP contribution in [0.25, 0.3) is 0 Å². The van der Waals surface area contributed by atoms with Gasteiger partial charge in [-0.2, -0.15) is 0 Å². The van der Waals surface area contributed by atoms with Gasteiger partial charge in [0.25, 0.3) is 0 Å². The SMILES string of the molecule is COC(=O)c1cc(N)cnc1N1CC(C)C(N(C)C)C1. The van der Waals surface area contributed by atoms with E-state index in [4.69, 9.17) is 10.5 Å². The second-order valence-electron chi connectivity index (χ2n) is 5.54. The molecule has 0 radical (unpaired) electrons. The molecular formula is C14H22N4O2. The molecule has 1 saturated heterocycles. The fourth-order valence-corrected chi connectivity index (χ4v) is 2.78. The van der Waals surface area contributed by atoms with Crippen molar-refractivity contribution in [3.8, 4) is 0 Å². The molecule has 2 unspecified atom stereocenters. The summed E-state index contributed by atoms with van der Waals surface area (Å²) in [6.45, 7) is 3.92. The van der Waals surface area contributed by atoms with E-state index in [1.807, 2.05) is 0 Å². The van der Waals surface area contributed by atoms with Crippen LogP contribution < -0.4 is 10.6 Å². The van der Waals surface area contributed by atoms with Gasteiger partial charge in [-0.1, -0.05) is 6.92 Å². The molecule has 6 nitrogen and oxygen atoms in total. The highest BCUT2D eigenvalue weighted by Crippen LogP contribution is 2.28. The number of hydrogen-bond donors (Lipinski definition) is 1. The number of hydrogen-bond acceptors (Lipinski definition) is 6. The Morgan fingerprint density at radius 2 is 2.20 bits per heavy atom. The molecule has 0 aromatic carbocycles. The summed E-state index contributed by atoms with van der Waals surface area (Å²) in [4.78, 5) is 20.6. The first-order valence-corrected chi connectivity index (χ1v) is 6.69. The minimum Gasteiger partial charge on any atom is -0.465 e. The Hall–Kier alpha value is -1.82. The number of anilines is 2. The van der Waals surface area contributed by atoms with Gasteiger partial charge in [0, 0.05) is 19.1 Å². The average Bonchev–Trinajstić information content (AvgIpc) is 2.79. The molecule has 2 heterocycles. The number of pyridine rings is 1. The van der Waals surface area contributed by atoms with Gasteiger partial charge in [0.2, 0.25) is 0 Å². The van der Waals surface area contributed by atoms with E-state index in [1.54, 1.807) is 12.3 Å². The Kier molecular flexibility index (Phi) is 4.13. The lowest BCUT2D eigenvalue weighted by Crippen LogP contribution is -2.34. The lowest BCUT2D eigenvalue weighted by molar-refractivity contribution is 0.0601. The van der Waals surface area contributed by atoms with E-state index in [1.165, 1.54) is 7.11 Å². The van der Waals surface area contributed by atoms with Crippen LogP contribution in [-0.4, -0.2) is 56.2 Å². The first-order valence-electron chi connectivity index (χ1n) is 6.69. The lowest BCUT2D eigenvalue weighted by atomic mass is 10.1. The van der Waals surface area contributed by atoms with Gasteiger partial charge in [0.05, 0.1) is 19.0 Å². The molecule has 110 valence electrons. The Bertz CT molecular complexity index is 504. The molecule has 20 heavy (non-hydrogen) atoms.